The summed E-state index contributed by atoms with van der Waals surface area (Å²) in [6.45, 7) is 1.81. The van der Waals surface area contributed by atoms with Crippen LogP contribution in [0.1, 0.15) is 49.6 Å². The molecule has 2 heterocycles. The largest absolute Gasteiger partial charge is 0.490 e. The summed E-state index contributed by atoms with van der Waals surface area (Å²) < 4.78 is 6.42. The highest BCUT2D eigenvalue weighted by Gasteiger charge is 2.33. The number of thioether (sulfide) groups is 1. The summed E-state index contributed by atoms with van der Waals surface area (Å²) in [4.78, 5) is 27.0. The first kappa shape index (κ1) is 22.9. The van der Waals surface area contributed by atoms with E-state index in [2.05, 4.69) is 15.5 Å². The molecule has 4 rings (SSSR count). The number of amides is 2. The second-order valence-electron chi connectivity index (χ2n) is 7.62. The van der Waals surface area contributed by atoms with Crippen LogP contribution < -0.4 is 10.1 Å². The molecule has 1 aliphatic heterocycles. The number of anilines is 1. The monoisotopic (exact) mass is 488 g/mol. The minimum Gasteiger partial charge on any atom is -0.490 e. The maximum atomic E-state index is 12.8. The van der Waals surface area contributed by atoms with Crippen LogP contribution in [0.5, 0.6) is 5.75 Å². The van der Waals surface area contributed by atoms with Crippen molar-refractivity contribution in [1.82, 2.24) is 15.1 Å². The van der Waals surface area contributed by atoms with E-state index in [-0.39, 0.29) is 18.4 Å². The normalized spacial score (nSPS) is 18.4. The first-order valence-electron chi connectivity index (χ1n) is 10.7. The number of hydrogen-bond acceptors (Lipinski definition) is 8. The highest BCUT2D eigenvalue weighted by molar-refractivity contribution is 8.26. The van der Waals surface area contributed by atoms with Gasteiger partial charge in [0.15, 0.2) is 0 Å². The minimum absolute atomic E-state index is 0.156. The minimum atomic E-state index is -0.356. The van der Waals surface area contributed by atoms with Gasteiger partial charge in [-0.05, 0) is 55.9 Å². The predicted molar refractivity (Wildman–Crippen MR) is 132 cm³/mol. The van der Waals surface area contributed by atoms with E-state index in [1.165, 1.54) is 47.3 Å². The van der Waals surface area contributed by atoms with Crippen LogP contribution in [0.15, 0.2) is 29.2 Å². The molecule has 32 heavy (non-hydrogen) atoms. The van der Waals surface area contributed by atoms with Gasteiger partial charge in [0.2, 0.25) is 11.0 Å². The van der Waals surface area contributed by atoms with Crippen molar-refractivity contribution in [3.05, 3.63) is 39.7 Å². The van der Waals surface area contributed by atoms with E-state index in [9.17, 15) is 9.59 Å². The fourth-order valence-corrected chi connectivity index (χ4v) is 5.51. The molecule has 0 bridgehead atoms. The molecule has 2 aliphatic rings. The standard InChI is InChI=1S/C22H24N4O3S3/c1-2-19-24-25-21(32-19)23-18(27)13-26-20(28)17(31-22(26)30)12-14-8-10-16(11-9-14)29-15-6-4-3-5-7-15/h8-12,15H,2-7,13H2,1H3,(H,23,25,27)/b17-12-. The number of benzene rings is 1. The number of carbonyl (C=O) groups is 2. The molecule has 168 valence electrons. The molecule has 0 unspecified atom stereocenters. The third kappa shape index (κ3) is 5.73. The lowest BCUT2D eigenvalue weighted by atomic mass is 9.98. The first-order chi connectivity index (χ1) is 15.5. The van der Waals surface area contributed by atoms with E-state index in [1.807, 2.05) is 31.2 Å². The molecule has 1 aromatic heterocycles. The fourth-order valence-electron chi connectivity index (χ4n) is 3.56. The van der Waals surface area contributed by atoms with Gasteiger partial charge >= 0.3 is 0 Å². The summed E-state index contributed by atoms with van der Waals surface area (Å²) in [6.07, 6.45) is 8.80. The highest BCUT2D eigenvalue weighted by Crippen LogP contribution is 2.33. The van der Waals surface area contributed by atoms with Gasteiger partial charge in [0.25, 0.3) is 5.91 Å². The number of ether oxygens (including phenoxy) is 1. The van der Waals surface area contributed by atoms with Crippen molar-refractivity contribution in [1.29, 1.82) is 0 Å². The molecular weight excluding hydrogens is 464 g/mol. The average Bonchev–Trinajstić information content (AvgIpc) is 3.35. The summed E-state index contributed by atoms with van der Waals surface area (Å²) in [5.74, 6) is 0.218. The Morgan fingerprint density at radius 2 is 2.00 bits per heavy atom. The number of hydrogen-bond donors (Lipinski definition) is 1. The first-order valence-corrected chi connectivity index (χ1v) is 12.7. The van der Waals surface area contributed by atoms with Gasteiger partial charge in [-0.1, -0.05) is 60.8 Å². The van der Waals surface area contributed by atoms with Crippen molar-refractivity contribution in [2.45, 2.75) is 51.6 Å². The van der Waals surface area contributed by atoms with Crippen LogP contribution in [-0.4, -0.2) is 43.9 Å². The number of nitrogens with zero attached hydrogens (tertiary/aromatic N) is 3. The second-order valence-corrected chi connectivity index (χ2v) is 10.4. The number of aryl methyl sites for hydroxylation is 1. The summed E-state index contributed by atoms with van der Waals surface area (Å²) >= 11 is 7.85. The molecule has 0 radical (unpaired) electrons. The molecule has 2 aromatic rings. The van der Waals surface area contributed by atoms with Crippen LogP contribution in [0.25, 0.3) is 6.08 Å². The van der Waals surface area contributed by atoms with Gasteiger partial charge in [-0.3, -0.25) is 19.8 Å². The van der Waals surface area contributed by atoms with Gasteiger partial charge in [-0.25, -0.2) is 0 Å². The zero-order valence-electron chi connectivity index (χ0n) is 17.7. The zero-order valence-corrected chi connectivity index (χ0v) is 20.2. The van der Waals surface area contributed by atoms with E-state index in [4.69, 9.17) is 17.0 Å². The number of thiocarbonyl (C=S) groups is 1. The number of carbonyl (C=O) groups excluding carboxylic acids is 2. The lowest BCUT2D eigenvalue weighted by Crippen LogP contribution is -2.36. The Kier molecular flexibility index (Phi) is 7.54. The lowest BCUT2D eigenvalue weighted by Gasteiger charge is -2.22. The molecule has 2 fully saturated rings. The van der Waals surface area contributed by atoms with Gasteiger partial charge < -0.3 is 4.74 Å². The molecule has 1 saturated carbocycles. The Morgan fingerprint density at radius 1 is 1.25 bits per heavy atom. The van der Waals surface area contributed by atoms with Crippen LogP contribution in [-0.2, 0) is 16.0 Å². The van der Waals surface area contributed by atoms with Crippen LogP contribution >= 0.6 is 35.3 Å². The third-order valence-electron chi connectivity index (χ3n) is 5.22. The summed E-state index contributed by atoms with van der Waals surface area (Å²) in [5, 5.41) is 11.8. The SMILES string of the molecule is CCc1nnc(NC(=O)CN2C(=O)/C(=C/c3ccc(OC4CCCCC4)cc3)SC2=S)s1. The van der Waals surface area contributed by atoms with Crippen molar-refractivity contribution in [2.75, 3.05) is 11.9 Å². The van der Waals surface area contributed by atoms with E-state index < -0.39 is 0 Å². The highest BCUT2D eigenvalue weighted by atomic mass is 32.2. The Balaban J connectivity index is 1.35. The van der Waals surface area contributed by atoms with E-state index in [0.717, 1.165) is 35.6 Å². The van der Waals surface area contributed by atoms with E-state index in [0.29, 0.717) is 20.5 Å². The van der Waals surface area contributed by atoms with Gasteiger partial charge in [0, 0.05) is 0 Å². The smallest absolute Gasteiger partial charge is 0.266 e. The molecule has 0 spiro atoms. The van der Waals surface area contributed by atoms with Gasteiger partial charge in [0.1, 0.15) is 21.6 Å². The Morgan fingerprint density at radius 3 is 2.69 bits per heavy atom. The summed E-state index contributed by atoms with van der Waals surface area (Å²) in [5.41, 5.74) is 0.881. The zero-order chi connectivity index (χ0) is 22.5. The predicted octanol–water partition coefficient (Wildman–Crippen LogP) is 4.65. The molecule has 1 aliphatic carbocycles. The maximum Gasteiger partial charge on any atom is 0.266 e. The van der Waals surface area contributed by atoms with Crippen LogP contribution in [0, 0.1) is 0 Å². The Bertz CT molecular complexity index is 1030. The average molecular weight is 489 g/mol. The molecule has 1 saturated heterocycles. The van der Waals surface area contributed by atoms with Crippen LogP contribution in [0.4, 0.5) is 5.13 Å². The Labute approximate surface area is 200 Å². The quantitative estimate of drug-likeness (QED) is 0.448. The molecule has 0 atom stereocenters. The van der Waals surface area contributed by atoms with Crippen LogP contribution in [0.3, 0.4) is 0 Å². The van der Waals surface area contributed by atoms with Crippen molar-refractivity contribution in [3.8, 4) is 5.75 Å². The van der Waals surface area contributed by atoms with E-state index in [1.54, 1.807) is 6.08 Å². The molecule has 2 amide bonds. The molecule has 1 N–H and O–H groups in total. The third-order valence-corrected chi connectivity index (χ3v) is 7.58. The van der Waals surface area contributed by atoms with Crippen molar-refractivity contribution >= 4 is 62.7 Å². The van der Waals surface area contributed by atoms with E-state index >= 15 is 0 Å². The summed E-state index contributed by atoms with van der Waals surface area (Å²) in [7, 11) is 0. The van der Waals surface area contributed by atoms with Crippen molar-refractivity contribution in [3.63, 3.8) is 0 Å². The number of nitrogens with one attached hydrogen (secondary N) is 1. The van der Waals surface area contributed by atoms with Gasteiger partial charge in [-0.15, -0.1) is 10.2 Å². The maximum absolute atomic E-state index is 12.8. The molecular formula is C22H24N4O3S3. The van der Waals surface area contributed by atoms with Crippen molar-refractivity contribution < 1.29 is 14.3 Å². The number of rotatable bonds is 7. The topological polar surface area (TPSA) is 84.4 Å². The number of aromatic nitrogens is 2. The van der Waals surface area contributed by atoms with Gasteiger partial charge in [-0.2, -0.15) is 0 Å². The molecule has 10 heteroatoms. The summed E-state index contributed by atoms with van der Waals surface area (Å²) in [6, 6.07) is 7.72. The molecule has 7 nitrogen and oxygen atoms in total. The Hall–Kier alpha value is -2.30. The van der Waals surface area contributed by atoms with Crippen LogP contribution in [0.2, 0.25) is 0 Å². The van der Waals surface area contributed by atoms with Crippen molar-refractivity contribution in [2.24, 2.45) is 0 Å². The molecule has 1 aromatic carbocycles. The van der Waals surface area contributed by atoms with Gasteiger partial charge in [0.05, 0.1) is 11.0 Å². The lowest BCUT2D eigenvalue weighted by molar-refractivity contribution is -0.126. The fraction of sp³-hybridized carbons (Fsp3) is 0.409. The second kappa shape index (κ2) is 10.5.